The first-order chi connectivity index (χ1) is 15.5. The van der Waals surface area contributed by atoms with Crippen molar-refractivity contribution in [3.63, 3.8) is 0 Å². The second-order valence-electron chi connectivity index (χ2n) is 7.28. The molecule has 1 aromatic carbocycles. The highest BCUT2D eigenvalue weighted by molar-refractivity contribution is 6.46. The van der Waals surface area contributed by atoms with E-state index in [1.807, 2.05) is 10.8 Å². The van der Waals surface area contributed by atoms with Crippen LogP contribution < -0.4 is 4.74 Å². The number of pyridine rings is 1. The molecule has 1 fully saturated rings. The molecule has 1 aliphatic rings. The smallest absolute Gasteiger partial charge is 0.295 e. The number of Topliss-reactive ketones (excluding diaryl/α,β-unsaturated/α-hetero) is 1. The highest BCUT2D eigenvalue weighted by Crippen LogP contribution is 2.41. The number of aryl methyl sites for hydroxylation is 1. The predicted octanol–water partition coefficient (Wildman–Crippen LogP) is 3.45. The maximum Gasteiger partial charge on any atom is 0.295 e. The summed E-state index contributed by atoms with van der Waals surface area (Å²) in [5, 5.41) is 11.5. The molecule has 4 rings (SSSR count). The maximum atomic E-state index is 13.1. The number of likely N-dealkylation sites (tertiary alicyclic amines) is 1. The van der Waals surface area contributed by atoms with E-state index in [-0.39, 0.29) is 16.9 Å². The molecule has 0 bridgehead atoms. The molecule has 3 aromatic rings. The van der Waals surface area contributed by atoms with Crippen LogP contribution >= 0.6 is 11.6 Å². The Labute approximate surface area is 189 Å². The molecule has 2 aromatic heterocycles. The van der Waals surface area contributed by atoms with E-state index < -0.39 is 17.7 Å². The summed E-state index contributed by atoms with van der Waals surface area (Å²) in [7, 11) is 1.45. The minimum absolute atomic E-state index is 0.0220. The fraction of sp³-hybridized carbons (Fsp3) is 0.217. The lowest BCUT2D eigenvalue weighted by Gasteiger charge is -2.25. The number of imidazole rings is 1. The minimum atomic E-state index is -0.782. The molecule has 9 heteroatoms. The number of carbonyl (C=O) groups excluding carboxylic acids is 2. The lowest BCUT2D eigenvalue weighted by molar-refractivity contribution is -0.139. The van der Waals surface area contributed by atoms with Gasteiger partial charge in [-0.05, 0) is 36.2 Å². The number of aliphatic hydroxyl groups excluding tert-OH is 1. The van der Waals surface area contributed by atoms with E-state index in [0.29, 0.717) is 35.8 Å². The van der Waals surface area contributed by atoms with Crippen molar-refractivity contribution >= 4 is 29.1 Å². The van der Waals surface area contributed by atoms with E-state index in [1.165, 1.54) is 18.1 Å². The second-order valence-corrected chi connectivity index (χ2v) is 7.71. The van der Waals surface area contributed by atoms with E-state index in [4.69, 9.17) is 16.3 Å². The molecule has 0 radical (unpaired) electrons. The molecule has 1 aliphatic heterocycles. The Morgan fingerprint density at radius 2 is 2.03 bits per heavy atom. The number of ether oxygens (including phenoxy) is 1. The van der Waals surface area contributed by atoms with Crippen molar-refractivity contribution in [3.05, 3.63) is 83.2 Å². The lowest BCUT2D eigenvalue weighted by Crippen LogP contribution is -2.31. The molecule has 8 nitrogen and oxygen atoms in total. The van der Waals surface area contributed by atoms with E-state index in [9.17, 15) is 14.7 Å². The zero-order valence-electron chi connectivity index (χ0n) is 17.3. The minimum Gasteiger partial charge on any atom is -0.507 e. The van der Waals surface area contributed by atoms with E-state index >= 15 is 0 Å². The van der Waals surface area contributed by atoms with Crippen LogP contribution in [0.5, 0.6) is 5.75 Å². The number of aliphatic hydroxyl groups is 1. The molecule has 0 spiro atoms. The lowest BCUT2D eigenvalue weighted by atomic mass is 9.96. The molecule has 0 aliphatic carbocycles. The van der Waals surface area contributed by atoms with Crippen LogP contribution in [-0.4, -0.2) is 49.9 Å². The average molecular weight is 453 g/mol. The van der Waals surface area contributed by atoms with Crippen molar-refractivity contribution in [2.45, 2.75) is 19.0 Å². The summed E-state index contributed by atoms with van der Waals surface area (Å²) in [4.78, 5) is 35.7. The average Bonchev–Trinajstić information content (AvgIpc) is 3.41. The van der Waals surface area contributed by atoms with Crippen LogP contribution in [-0.2, 0) is 16.1 Å². The molecule has 1 amide bonds. The normalized spacial score (nSPS) is 17.7. The van der Waals surface area contributed by atoms with Crippen molar-refractivity contribution in [1.29, 1.82) is 0 Å². The Kier molecular flexibility index (Phi) is 6.23. The Balaban J connectivity index is 1.76. The van der Waals surface area contributed by atoms with Gasteiger partial charge >= 0.3 is 0 Å². The highest BCUT2D eigenvalue weighted by atomic mass is 35.5. The fourth-order valence-electron chi connectivity index (χ4n) is 3.85. The zero-order chi connectivity index (χ0) is 22.7. The van der Waals surface area contributed by atoms with Gasteiger partial charge in [-0.15, -0.1) is 0 Å². The fourth-order valence-corrected chi connectivity index (χ4v) is 4.02. The van der Waals surface area contributed by atoms with Crippen LogP contribution in [0.15, 0.2) is 67.0 Å². The summed E-state index contributed by atoms with van der Waals surface area (Å²) in [6.07, 6.45) is 8.99. The third-order valence-electron chi connectivity index (χ3n) is 5.33. The highest BCUT2D eigenvalue weighted by Gasteiger charge is 2.46. The SMILES string of the molecule is COc1ccc(Cl)cc1C(O)=C1C(=O)C(=O)N(CCCn2ccnc2)[C@@H]1c1cccnc1. The summed E-state index contributed by atoms with van der Waals surface area (Å²) in [6, 6.07) is 7.43. The Morgan fingerprint density at radius 3 is 2.72 bits per heavy atom. The quantitative estimate of drug-likeness (QED) is 0.335. The van der Waals surface area contributed by atoms with E-state index in [1.54, 1.807) is 49.2 Å². The monoisotopic (exact) mass is 452 g/mol. The van der Waals surface area contributed by atoms with E-state index in [0.717, 1.165) is 0 Å². The standard InChI is InChI=1S/C23H21ClN4O4/c1-32-18-6-5-16(24)12-17(18)21(29)19-20(15-4-2-7-25-13-15)28(23(31)22(19)30)10-3-9-27-11-8-26-14-27/h2,4-8,11-14,20,29H,3,9-10H2,1H3/t20-/m1/s1. The number of benzene rings is 1. The molecule has 3 heterocycles. The number of halogens is 1. The number of ketones is 1. The third-order valence-corrected chi connectivity index (χ3v) is 5.57. The van der Waals surface area contributed by atoms with Crippen molar-refractivity contribution in [2.75, 3.05) is 13.7 Å². The number of nitrogens with zero attached hydrogens (tertiary/aromatic N) is 4. The summed E-state index contributed by atoms with van der Waals surface area (Å²) in [6.45, 7) is 0.941. The Hall–Kier alpha value is -3.65. The molecule has 1 atom stereocenters. The molecule has 1 N–H and O–H groups in total. The third kappa shape index (κ3) is 4.09. The van der Waals surface area contributed by atoms with Gasteiger partial charge in [0.05, 0.1) is 30.6 Å². The predicted molar refractivity (Wildman–Crippen MR) is 118 cm³/mol. The van der Waals surface area contributed by atoms with Gasteiger partial charge in [-0.25, -0.2) is 4.98 Å². The molecular weight excluding hydrogens is 432 g/mol. The Morgan fingerprint density at radius 1 is 1.19 bits per heavy atom. The molecule has 164 valence electrons. The van der Waals surface area contributed by atoms with Gasteiger partial charge in [-0.3, -0.25) is 14.6 Å². The molecule has 0 unspecified atom stereocenters. The van der Waals surface area contributed by atoms with E-state index in [2.05, 4.69) is 9.97 Å². The van der Waals surface area contributed by atoms with Crippen LogP contribution in [0.25, 0.3) is 5.76 Å². The molecule has 1 saturated heterocycles. The number of methoxy groups -OCH3 is 1. The first-order valence-corrected chi connectivity index (χ1v) is 10.4. The summed E-state index contributed by atoms with van der Waals surface area (Å²) in [5.41, 5.74) is 0.841. The number of amides is 1. The number of hydrogen-bond acceptors (Lipinski definition) is 6. The van der Waals surface area contributed by atoms with Gasteiger partial charge in [0.15, 0.2) is 0 Å². The van der Waals surface area contributed by atoms with Crippen LogP contribution in [0.3, 0.4) is 0 Å². The van der Waals surface area contributed by atoms with Gasteiger partial charge in [0.2, 0.25) is 0 Å². The number of hydrogen-bond donors (Lipinski definition) is 1. The second kappa shape index (κ2) is 9.23. The van der Waals surface area contributed by atoms with Gasteiger partial charge in [0.1, 0.15) is 11.5 Å². The first kappa shape index (κ1) is 21.6. The van der Waals surface area contributed by atoms with Gasteiger partial charge < -0.3 is 19.3 Å². The molecular formula is C23H21ClN4O4. The number of carbonyl (C=O) groups is 2. The van der Waals surface area contributed by atoms with Crippen molar-refractivity contribution in [1.82, 2.24) is 19.4 Å². The Bertz CT molecular complexity index is 1160. The maximum absolute atomic E-state index is 13.1. The van der Waals surface area contributed by atoms with Gasteiger partial charge in [0.25, 0.3) is 11.7 Å². The summed E-state index contributed by atoms with van der Waals surface area (Å²) < 4.78 is 7.23. The van der Waals surface area contributed by atoms with Crippen molar-refractivity contribution in [2.24, 2.45) is 0 Å². The van der Waals surface area contributed by atoms with Gasteiger partial charge in [0, 0.05) is 42.9 Å². The topological polar surface area (TPSA) is 97.6 Å². The van der Waals surface area contributed by atoms with Crippen LogP contribution in [0.4, 0.5) is 0 Å². The van der Waals surface area contributed by atoms with Crippen molar-refractivity contribution < 1.29 is 19.4 Å². The summed E-state index contributed by atoms with van der Waals surface area (Å²) >= 11 is 6.12. The van der Waals surface area contributed by atoms with Crippen molar-refractivity contribution in [3.8, 4) is 5.75 Å². The van der Waals surface area contributed by atoms with Crippen LogP contribution in [0.1, 0.15) is 23.6 Å². The zero-order valence-corrected chi connectivity index (χ0v) is 18.1. The van der Waals surface area contributed by atoms with Crippen LogP contribution in [0.2, 0.25) is 5.02 Å². The van der Waals surface area contributed by atoms with Crippen LogP contribution in [0, 0.1) is 0 Å². The summed E-state index contributed by atoms with van der Waals surface area (Å²) in [5.74, 6) is -1.44. The molecule has 0 saturated carbocycles. The first-order valence-electron chi connectivity index (χ1n) is 9.99. The van der Waals surface area contributed by atoms with Gasteiger partial charge in [-0.1, -0.05) is 17.7 Å². The number of rotatable bonds is 7. The largest absolute Gasteiger partial charge is 0.507 e. The number of aromatic nitrogens is 3. The van der Waals surface area contributed by atoms with Gasteiger partial charge in [-0.2, -0.15) is 0 Å². The molecule has 32 heavy (non-hydrogen) atoms.